The molecule has 0 radical (unpaired) electrons. The lowest BCUT2D eigenvalue weighted by Gasteiger charge is -2.12. The Morgan fingerprint density at radius 2 is 2.00 bits per heavy atom. The molecule has 0 aliphatic heterocycles. The average molecular weight is 278 g/mol. The molecule has 2 heteroatoms. The van der Waals surface area contributed by atoms with Gasteiger partial charge in [0.2, 0.25) is 0 Å². The maximum atomic E-state index is 12.2. The molecule has 0 heterocycles. The molecule has 0 saturated carbocycles. The van der Waals surface area contributed by atoms with E-state index >= 15 is 0 Å². The monoisotopic (exact) mass is 278 g/mol. The summed E-state index contributed by atoms with van der Waals surface area (Å²) in [6.45, 7) is 5.24. The van der Waals surface area contributed by atoms with Crippen molar-refractivity contribution in [3.05, 3.63) is 23.8 Å². The van der Waals surface area contributed by atoms with Gasteiger partial charge in [0.15, 0.2) is 0 Å². The van der Waals surface area contributed by atoms with Crippen molar-refractivity contribution >= 4 is 5.78 Å². The first-order valence-electron chi connectivity index (χ1n) is 8.04. The number of carbonyl (C=O) groups is 1. The van der Waals surface area contributed by atoms with Gasteiger partial charge < -0.3 is 4.74 Å². The zero-order valence-electron chi connectivity index (χ0n) is 13.4. The molecule has 20 heavy (non-hydrogen) atoms. The molecular formula is C18H30O2. The van der Waals surface area contributed by atoms with E-state index in [4.69, 9.17) is 4.74 Å². The quantitative estimate of drug-likeness (QED) is 0.512. The SMILES string of the molecule is COCCC1=CC=CC1C(=O)CCCCCCC(C)C. The lowest BCUT2D eigenvalue weighted by atomic mass is 9.92. The van der Waals surface area contributed by atoms with Gasteiger partial charge in [-0.2, -0.15) is 0 Å². The van der Waals surface area contributed by atoms with Crippen molar-refractivity contribution in [2.45, 2.75) is 58.8 Å². The number of ketones is 1. The Bertz CT molecular complexity index is 339. The fraction of sp³-hybridized carbons (Fsp3) is 0.722. The smallest absolute Gasteiger partial charge is 0.143 e. The summed E-state index contributed by atoms with van der Waals surface area (Å²) in [5, 5.41) is 0. The van der Waals surface area contributed by atoms with Crippen LogP contribution in [0.15, 0.2) is 23.8 Å². The topological polar surface area (TPSA) is 26.3 Å². The molecule has 0 fully saturated rings. The highest BCUT2D eigenvalue weighted by atomic mass is 16.5. The van der Waals surface area contributed by atoms with Crippen molar-refractivity contribution in [3.8, 4) is 0 Å². The molecule has 0 aromatic rings. The van der Waals surface area contributed by atoms with Crippen LogP contribution in [0.3, 0.4) is 0 Å². The van der Waals surface area contributed by atoms with Crippen LogP contribution in [0.5, 0.6) is 0 Å². The van der Waals surface area contributed by atoms with E-state index < -0.39 is 0 Å². The van der Waals surface area contributed by atoms with E-state index in [1.54, 1.807) is 7.11 Å². The van der Waals surface area contributed by atoms with Gasteiger partial charge in [0, 0.05) is 20.1 Å². The van der Waals surface area contributed by atoms with Gasteiger partial charge in [0.25, 0.3) is 0 Å². The summed E-state index contributed by atoms with van der Waals surface area (Å²) in [5.41, 5.74) is 1.22. The van der Waals surface area contributed by atoms with Gasteiger partial charge in [-0.1, -0.05) is 63.3 Å². The molecule has 0 spiro atoms. The van der Waals surface area contributed by atoms with Gasteiger partial charge in [-0.3, -0.25) is 4.79 Å². The highest BCUT2D eigenvalue weighted by Crippen LogP contribution is 2.25. The largest absolute Gasteiger partial charge is 0.384 e. The first-order chi connectivity index (χ1) is 9.65. The molecule has 1 unspecified atom stereocenters. The summed E-state index contributed by atoms with van der Waals surface area (Å²) < 4.78 is 5.10. The third kappa shape index (κ3) is 6.51. The van der Waals surface area contributed by atoms with Gasteiger partial charge in [-0.15, -0.1) is 0 Å². The third-order valence-electron chi connectivity index (χ3n) is 3.91. The number of rotatable bonds is 11. The van der Waals surface area contributed by atoms with Crippen LogP contribution in [0.4, 0.5) is 0 Å². The summed E-state index contributed by atoms with van der Waals surface area (Å²) >= 11 is 0. The molecule has 2 nitrogen and oxygen atoms in total. The Hall–Kier alpha value is -0.890. The van der Waals surface area contributed by atoms with Crippen LogP contribution >= 0.6 is 0 Å². The van der Waals surface area contributed by atoms with Crippen LogP contribution in [-0.2, 0) is 9.53 Å². The van der Waals surface area contributed by atoms with E-state index in [9.17, 15) is 4.79 Å². The van der Waals surface area contributed by atoms with Gasteiger partial charge in [-0.25, -0.2) is 0 Å². The number of methoxy groups -OCH3 is 1. The van der Waals surface area contributed by atoms with Crippen molar-refractivity contribution in [3.63, 3.8) is 0 Å². The van der Waals surface area contributed by atoms with E-state index in [1.165, 1.54) is 31.3 Å². The Labute approximate surface area is 124 Å². The van der Waals surface area contributed by atoms with Gasteiger partial charge >= 0.3 is 0 Å². The Kier molecular flexibility index (Phi) is 8.52. The second kappa shape index (κ2) is 9.93. The van der Waals surface area contributed by atoms with Crippen molar-refractivity contribution in [2.75, 3.05) is 13.7 Å². The molecule has 114 valence electrons. The molecule has 0 saturated heterocycles. The highest BCUT2D eigenvalue weighted by molar-refractivity contribution is 5.86. The summed E-state index contributed by atoms with van der Waals surface area (Å²) in [6, 6.07) is 0. The fourth-order valence-corrected chi connectivity index (χ4v) is 2.65. The number of hydrogen-bond donors (Lipinski definition) is 0. The van der Waals surface area contributed by atoms with Crippen molar-refractivity contribution in [2.24, 2.45) is 11.8 Å². The van der Waals surface area contributed by atoms with Crippen molar-refractivity contribution in [1.29, 1.82) is 0 Å². The first-order valence-corrected chi connectivity index (χ1v) is 8.04. The predicted molar refractivity (Wildman–Crippen MR) is 84.8 cm³/mol. The average Bonchev–Trinajstić information content (AvgIpc) is 2.88. The standard InChI is InChI=1S/C18H30O2/c1-15(2)9-6-4-5-7-12-18(19)17-11-8-10-16(17)13-14-20-3/h8,10-11,15,17H,4-7,9,12-14H2,1-3H3. The maximum absolute atomic E-state index is 12.2. The number of ether oxygens (including phenoxy) is 1. The highest BCUT2D eigenvalue weighted by Gasteiger charge is 2.21. The van der Waals surface area contributed by atoms with Crippen LogP contribution in [0.25, 0.3) is 0 Å². The molecule has 0 bridgehead atoms. The number of allylic oxidation sites excluding steroid dienone is 3. The van der Waals surface area contributed by atoms with Gasteiger partial charge in [-0.05, 0) is 18.8 Å². The number of unbranched alkanes of at least 4 members (excludes halogenated alkanes) is 3. The van der Waals surface area contributed by atoms with Crippen LogP contribution in [-0.4, -0.2) is 19.5 Å². The van der Waals surface area contributed by atoms with E-state index in [-0.39, 0.29) is 5.92 Å². The fourth-order valence-electron chi connectivity index (χ4n) is 2.65. The minimum atomic E-state index is 0.0285. The normalized spacial score (nSPS) is 17.8. The lowest BCUT2D eigenvalue weighted by Crippen LogP contribution is -2.14. The van der Waals surface area contributed by atoms with Crippen molar-refractivity contribution < 1.29 is 9.53 Å². The summed E-state index contributed by atoms with van der Waals surface area (Å²) in [7, 11) is 1.71. The van der Waals surface area contributed by atoms with Crippen LogP contribution in [0, 0.1) is 11.8 Å². The number of carbonyl (C=O) groups excluding carboxylic acids is 1. The lowest BCUT2D eigenvalue weighted by molar-refractivity contribution is -0.120. The summed E-state index contributed by atoms with van der Waals surface area (Å²) in [4.78, 5) is 12.2. The third-order valence-corrected chi connectivity index (χ3v) is 3.91. The van der Waals surface area contributed by atoms with Gasteiger partial charge in [0.05, 0.1) is 5.92 Å². The Balaban J connectivity index is 2.16. The first kappa shape index (κ1) is 17.2. The molecule has 1 aliphatic rings. The minimum absolute atomic E-state index is 0.0285. The van der Waals surface area contributed by atoms with E-state index in [0.29, 0.717) is 12.4 Å². The second-order valence-electron chi connectivity index (χ2n) is 6.16. The van der Waals surface area contributed by atoms with Gasteiger partial charge in [0.1, 0.15) is 5.78 Å². The molecular weight excluding hydrogens is 248 g/mol. The number of Topliss-reactive ketones (excluding diaryl/α,β-unsaturated/α-hetero) is 1. The van der Waals surface area contributed by atoms with E-state index in [2.05, 4.69) is 19.9 Å². The molecule has 0 amide bonds. The molecule has 0 aromatic heterocycles. The zero-order chi connectivity index (χ0) is 14.8. The van der Waals surface area contributed by atoms with Crippen LogP contribution in [0.1, 0.15) is 58.8 Å². The van der Waals surface area contributed by atoms with E-state index in [0.717, 1.165) is 25.2 Å². The van der Waals surface area contributed by atoms with Crippen molar-refractivity contribution in [1.82, 2.24) is 0 Å². The zero-order valence-corrected chi connectivity index (χ0v) is 13.4. The molecule has 0 N–H and O–H groups in total. The number of hydrogen-bond acceptors (Lipinski definition) is 2. The van der Waals surface area contributed by atoms with Crippen LogP contribution < -0.4 is 0 Å². The molecule has 1 rings (SSSR count). The van der Waals surface area contributed by atoms with E-state index in [1.807, 2.05) is 12.2 Å². The summed E-state index contributed by atoms with van der Waals surface area (Å²) in [5.74, 6) is 1.21. The minimum Gasteiger partial charge on any atom is -0.384 e. The second-order valence-corrected chi connectivity index (χ2v) is 6.16. The predicted octanol–water partition coefficient (Wildman–Crippen LogP) is 4.70. The Morgan fingerprint density at radius 3 is 2.70 bits per heavy atom. The molecule has 1 atom stereocenters. The molecule has 0 aromatic carbocycles. The maximum Gasteiger partial charge on any atom is 0.143 e. The molecule has 1 aliphatic carbocycles. The summed E-state index contributed by atoms with van der Waals surface area (Å²) in [6.07, 6.45) is 13.8. The van der Waals surface area contributed by atoms with Crippen LogP contribution in [0.2, 0.25) is 0 Å². The Morgan fingerprint density at radius 1 is 1.25 bits per heavy atom.